The second kappa shape index (κ2) is 6.15. The zero-order valence-electron chi connectivity index (χ0n) is 9.84. The van der Waals surface area contributed by atoms with Gasteiger partial charge in [-0.15, -0.1) is 0 Å². The first-order valence-electron chi connectivity index (χ1n) is 5.26. The molecule has 0 atom stereocenters. The van der Waals surface area contributed by atoms with E-state index in [2.05, 4.69) is 0 Å². The largest absolute Gasteiger partial charge is 0.399 e. The Kier molecular flexibility index (Phi) is 4.57. The molecule has 18 heavy (non-hydrogen) atoms. The van der Waals surface area contributed by atoms with Crippen LogP contribution in [0.1, 0.15) is 10.4 Å². The maximum Gasteiger partial charge on any atom is 0.248 e. The Morgan fingerprint density at radius 1 is 0.833 bits per heavy atom. The molecule has 5 nitrogen and oxygen atoms in total. The Morgan fingerprint density at radius 2 is 1.39 bits per heavy atom. The van der Waals surface area contributed by atoms with Gasteiger partial charge in [-0.1, -0.05) is 18.2 Å². The van der Waals surface area contributed by atoms with Crippen LogP contribution in [0.3, 0.4) is 0 Å². The summed E-state index contributed by atoms with van der Waals surface area (Å²) < 4.78 is 0. The number of amides is 1. The maximum absolute atomic E-state index is 10.5. The van der Waals surface area contributed by atoms with E-state index in [9.17, 15) is 4.79 Å². The summed E-state index contributed by atoms with van der Waals surface area (Å²) in [6.07, 6.45) is 0. The zero-order chi connectivity index (χ0) is 13.5. The van der Waals surface area contributed by atoms with Gasteiger partial charge in [-0.05, 0) is 30.3 Å². The summed E-state index contributed by atoms with van der Waals surface area (Å²) in [5.41, 5.74) is 23.5. The smallest absolute Gasteiger partial charge is 0.248 e. The second-order valence-electron chi connectivity index (χ2n) is 3.62. The van der Waals surface area contributed by atoms with E-state index in [-0.39, 0.29) is 0 Å². The van der Waals surface area contributed by atoms with Gasteiger partial charge in [0.1, 0.15) is 0 Å². The first kappa shape index (κ1) is 13.4. The molecule has 0 fully saturated rings. The van der Waals surface area contributed by atoms with Gasteiger partial charge >= 0.3 is 0 Å². The molecule has 2 rings (SSSR count). The molecule has 0 bridgehead atoms. The molecule has 8 N–H and O–H groups in total. The van der Waals surface area contributed by atoms with Gasteiger partial charge in [0, 0.05) is 11.3 Å². The topological polar surface area (TPSA) is 121 Å². The van der Waals surface area contributed by atoms with Gasteiger partial charge in [0.25, 0.3) is 0 Å². The molecule has 0 spiro atoms. The van der Waals surface area contributed by atoms with E-state index < -0.39 is 5.91 Å². The number of anilines is 3. The van der Waals surface area contributed by atoms with Crippen LogP contribution in [-0.4, -0.2) is 5.91 Å². The highest BCUT2D eigenvalue weighted by atomic mass is 16.1. The van der Waals surface area contributed by atoms with Crippen LogP contribution in [0.2, 0.25) is 0 Å². The quantitative estimate of drug-likeness (QED) is 0.563. The van der Waals surface area contributed by atoms with E-state index in [1.54, 1.807) is 36.4 Å². The zero-order valence-corrected chi connectivity index (χ0v) is 9.84. The third kappa shape index (κ3) is 4.05. The molecule has 0 aliphatic rings. The van der Waals surface area contributed by atoms with Crippen molar-refractivity contribution in [3.8, 4) is 0 Å². The molecule has 0 saturated carbocycles. The van der Waals surface area contributed by atoms with Gasteiger partial charge in [-0.3, -0.25) is 4.79 Å². The first-order chi connectivity index (χ1) is 8.50. The number of hydrogen-bond acceptors (Lipinski definition) is 4. The van der Waals surface area contributed by atoms with Crippen LogP contribution in [0, 0.1) is 0 Å². The van der Waals surface area contributed by atoms with E-state index in [4.69, 9.17) is 22.9 Å². The molecule has 0 heterocycles. The van der Waals surface area contributed by atoms with Crippen molar-refractivity contribution in [1.29, 1.82) is 0 Å². The van der Waals surface area contributed by atoms with E-state index >= 15 is 0 Å². The third-order valence-corrected chi connectivity index (χ3v) is 2.17. The predicted octanol–water partition coefficient (Wildman–Crippen LogP) is 1.22. The fourth-order valence-electron chi connectivity index (χ4n) is 1.20. The van der Waals surface area contributed by atoms with E-state index in [1.165, 1.54) is 0 Å². The average molecular weight is 244 g/mol. The Hall–Kier alpha value is -2.69. The Morgan fingerprint density at radius 3 is 1.72 bits per heavy atom. The number of rotatable bonds is 1. The van der Waals surface area contributed by atoms with Gasteiger partial charge in [0.05, 0.1) is 11.4 Å². The van der Waals surface area contributed by atoms with Crippen molar-refractivity contribution in [3.05, 3.63) is 54.1 Å². The van der Waals surface area contributed by atoms with Gasteiger partial charge in [0.15, 0.2) is 0 Å². The number of carbonyl (C=O) groups is 1. The van der Waals surface area contributed by atoms with Gasteiger partial charge in [-0.25, -0.2) is 0 Å². The minimum atomic E-state index is -0.452. The van der Waals surface area contributed by atoms with Crippen molar-refractivity contribution in [2.75, 3.05) is 17.2 Å². The number of hydrogen-bond donors (Lipinski definition) is 4. The summed E-state index contributed by atoms with van der Waals surface area (Å²) in [4.78, 5) is 10.5. The Labute approximate surface area is 105 Å². The Bertz CT molecular complexity index is 519. The summed E-state index contributed by atoms with van der Waals surface area (Å²) in [5, 5.41) is 0. The number of para-hydroxylation sites is 2. The summed E-state index contributed by atoms with van der Waals surface area (Å²) in [7, 11) is 0. The van der Waals surface area contributed by atoms with Crippen molar-refractivity contribution in [2.24, 2.45) is 5.73 Å². The number of benzene rings is 2. The molecule has 0 saturated heterocycles. The summed E-state index contributed by atoms with van der Waals surface area (Å²) >= 11 is 0. The summed E-state index contributed by atoms with van der Waals surface area (Å²) in [6, 6.07) is 13.8. The lowest BCUT2D eigenvalue weighted by atomic mass is 10.2. The minimum absolute atomic E-state index is 0.444. The van der Waals surface area contributed by atoms with Crippen LogP contribution >= 0.6 is 0 Å². The lowest BCUT2D eigenvalue weighted by Gasteiger charge is -1.94. The highest BCUT2D eigenvalue weighted by Crippen LogP contribution is 2.10. The fourth-order valence-corrected chi connectivity index (χ4v) is 1.20. The van der Waals surface area contributed by atoms with Crippen LogP contribution < -0.4 is 22.9 Å². The molecular formula is C13H16N4O. The first-order valence-corrected chi connectivity index (χ1v) is 5.26. The summed E-state index contributed by atoms with van der Waals surface area (Å²) in [6.45, 7) is 0. The van der Waals surface area contributed by atoms with Crippen LogP contribution in [0.25, 0.3) is 0 Å². The van der Waals surface area contributed by atoms with Crippen LogP contribution in [0.15, 0.2) is 48.5 Å². The van der Waals surface area contributed by atoms with Crippen molar-refractivity contribution in [1.82, 2.24) is 0 Å². The van der Waals surface area contributed by atoms with E-state index in [1.807, 2.05) is 12.1 Å². The molecule has 2 aromatic carbocycles. The molecule has 2 aromatic rings. The maximum atomic E-state index is 10.5. The fraction of sp³-hybridized carbons (Fsp3) is 0. The minimum Gasteiger partial charge on any atom is -0.399 e. The molecule has 5 heteroatoms. The average Bonchev–Trinajstić information content (AvgIpc) is 2.34. The molecule has 1 amide bonds. The molecule has 0 aliphatic heterocycles. The van der Waals surface area contributed by atoms with E-state index in [0.717, 1.165) is 0 Å². The molecule has 0 radical (unpaired) electrons. The number of carbonyl (C=O) groups excluding carboxylic acids is 1. The van der Waals surface area contributed by atoms with Crippen LogP contribution in [0.4, 0.5) is 17.1 Å². The van der Waals surface area contributed by atoms with Crippen LogP contribution in [0.5, 0.6) is 0 Å². The molecule has 0 unspecified atom stereocenters. The highest BCUT2D eigenvalue weighted by Gasteiger charge is 1.97. The lowest BCUT2D eigenvalue weighted by molar-refractivity contribution is 0.100. The third-order valence-electron chi connectivity index (χ3n) is 2.17. The number of nitrogens with two attached hydrogens (primary N) is 4. The monoisotopic (exact) mass is 244 g/mol. The van der Waals surface area contributed by atoms with Crippen molar-refractivity contribution in [3.63, 3.8) is 0 Å². The molecule has 94 valence electrons. The highest BCUT2D eigenvalue weighted by molar-refractivity contribution is 5.93. The molecule has 0 aliphatic carbocycles. The summed E-state index contributed by atoms with van der Waals surface area (Å²) in [5.74, 6) is -0.452. The van der Waals surface area contributed by atoms with Gasteiger partial charge in [-0.2, -0.15) is 0 Å². The molecular weight excluding hydrogens is 228 g/mol. The standard InChI is InChI=1S/C7H8N2O.C6H8N2/c8-6-3-1-2-5(4-6)7(9)10;7-5-3-1-2-4-6(5)8/h1-4H,8H2,(H2,9,10);1-4H,7-8H2. The van der Waals surface area contributed by atoms with Gasteiger partial charge < -0.3 is 22.9 Å². The van der Waals surface area contributed by atoms with Crippen LogP contribution in [-0.2, 0) is 0 Å². The Balaban J connectivity index is 0.000000184. The predicted molar refractivity (Wildman–Crippen MR) is 74.6 cm³/mol. The number of primary amides is 1. The van der Waals surface area contributed by atoms with Crippen molar-refractivity contribution in [2.45, 2.75) is 0 Å². The SMILES string of the molecule is NC(=O)c1cccc(N)c1.Nc1ccccc1N. The van der Waals surface area contributed by atoms with E-state index in [0.29, 0.717) is 22.6 Å². The second-order valence-corrected chi connectivity index (χ2v) is 3.62. The number of nitrogen functional groups attached to an aromatic ring is 3. The van der Waals surface area contributed by atoms with Crippen molar-refractivity contribution < 1.29 is 4.79 Å². The van der Waals surface area contributed by atoms with Crippen molar-refractivity contribution >= 4 is 23.0 Å². The van der Waals surface area contributed by atoms with Gasteiger partial charge in [0.2, 0.25) is 5.91 Å². The normalized spacial score (nSPS) is 9.11. The lowest BCUT2D eigenvalue weighted by Crippen LogP contribution is -2.10. The molecule has 0 aromatic heterocycles.